The summed E-state index contributed by atoms with van der Waals surface area (Å²) in [5.74, 6) is -0.0214. The van der Waals surface area contributed by atoms with Crippen molar-refractivity contribution in [1.29, 1.82) is 0 Å². The van der Waals surface area contributed by atoms with E-state index in [0.29, 0.717) is 24.5 Å². The zero-order valence-electron chi connectivity index (χ0n) is 20.8. The summed E-state index contributed by atoms with van der Waals surface area (Å²) in [6.07, 6.45) is 2.81. The van der Waals surface area contributed by atoms with Gasteiger partial charge in [-0.2, -0.15) is 0 Å². The third kappa shape index (κ3) is 6.32. The minimum Gasteiger partial charge on any atom is -0.497 e. The summed E-state index contributed by atoms with van der Waals surface area (Å²) in [5.41, 5.74) is 0.588. The zero-order valence-corrected chi connectivity index (χ0v) is 20.8. The second-order valence-electron chi connectivity index (χ2n) is 9.22. The smallest absolute Gasteiger partial charge is 0.347 e. The molecule has 1 atom stereocenters. The molecule has 0 aliphatic carbocycles. The standard InChI is InChI=1S/C27H34N2O6/c1-5-16-28-23(24(30)29(26(28)33)18-20-9-6-10-22(17-20)34-4)11-7-8-19-12-14-21(15-13-19)35-27(2,3)25(31)32/h6,9-10,12-15,17,23H,5,7-8,11,16,18H2,1-4H3,(H,31,32). The number of carbonyl (C=O) groups excluding carboxylic acids is 2. The molecular weight excluding hydrogens is 448 g/mol. The molecule has 1 N–H and O–H groups in total. The Morgan fingerprint density at radius 1 is 1.06 bits per heavy atom. The lowest BCUT2D eigenvalue weighted by atomic mass is 10.0. The number of benzene rings is 2. The molecule has 0 saturated carbocycles. The fourth-order valence-corrected chi connectivity index (χ4v) is 4.13. The molecule has 0 bridgehead atoms. The number of aliphatic carboxylic acids is 1. The third-order valence-electron chi connectivity index (χ3n) is 6.10. The Kier molecular flexibility index (Phi) is 8.38. The number of nitrogens with zero attached hydrogens (tertiary/aromatic N) is 2. The Morgan fingerprint density at radius 2 is 1.77 bits per heavy atom. The quantitative estimate of drug-likeness (QED) is 0.448. The highest BCUT2D eigenvalue weighted by molar-refractivity contribution is 6.04. The molecule has 35 heavy (non-hydrogen) atoms. The maximum absolute atomic E-state index is 13.2. The van der Waals surface area contributed by atoms with Crippen LogP contribution in [0, 0.1) is 0 Å². The topological polar surface area (TPSA) is 96.4 Å². The van der Waals surface area contributed by atoms with Crippen LogP contribution in [0.4, 0.5) is 4.79 Å². The van der Waals surface area contributed by atoms with E-state index in [-0.39, 0.29) is 18.5 Å². The molecule has 1 saturated heterocycles. The summed E-state index contributed by atoms with van der Waals surface area (Å²) in [4.78, 5) is 40.5. The maximum atomic E-state index is 13.2. The number of urea groups is 1. The summed E-state index contributed by atoms with van der Waals surface area (Å²) in [7, 11) is 1.59. The Hall–Kier alpha value is -3.55. The van der Waals surface area contributed by atoms with Crippen LogP contribution in [-0.4, -0.2) is 58.1 Å². The van der Waals surface area contributed by atoms with Gasteiger partial charge in [0.2, 0.25) is 0 Å². The highest BCUT2D eigenvalue weighted by atomic mass is 16.5. The molecule has 1 fully saturated rings. The Morgan fingerprint density at radius 3 is 2.40 bits per heavy atom. The molecule has 3 amide bonds. The first-order valence-corrected chi connectivity index (χ1v) is 11.9. The number of hydrogen-bond acceptors (Lipinski definition) is 5. The van der Waals surface area contributed by atoms with Crippen molar-refractivity contribution in [3.05, 3.63) is 59.7 Å². The zero-order chi connectivity index (χ0) is 25.6. The van der Waals surface area contributed by atoms with Gasteiger partial charge in [0.15, 0.2) is 5.60 Å². The van der Waals surface area contributed by atoms with E-state index in [2.05, 4.69) is 0 Å². The second kappa shape index (κ2) is 11.3. The van der Waals surface area contributed by atoms with E-state index >= 15 is 0 Å². The number of carboxylic acid groups (broad SMARTS) is 1. The van der Waals surface area contributed by atoms with E-state index in [9.17, 15) is 19.5 Å². The lowest BCUT2D eigenvalue weighted by Crippen LogP contribution is -2.37. The summed E-state index contributed by atoms with van der Waals surface area (Å²) in [5, 5.41) is 9.21. The van der Waals surface area contributed by atoms with E-state index in [1.807, 2.05) is 43.3 Å². The van der Waals surface area contributed by atoms with Crippen LogP contribution in [-0.2, 0) is 22.6 Å². The molecule has 2 aromatic rings. The second-order valence-corrected chi connectivity index (χ2v) is 9.22. The Labute approximate surface area is 206 Å². The molecule has 8 heteroatoms. The van der Waals surface area contributed by atoms with E-state index in [1.54, 1.807) is 24.1 Å². The van der Waals surface area contributed by atoms with Crippen LogP contribution in [0.2, 0.25) is 0 Å². The number of aryl methyl sites for hydroxylation is 1. The molecule has 2 aromatic carbocycles. The number of hydrogen-bond donors (Lipinski definition) is 1. The summed E-state index contributed by atoms with van der Waals surface area (Å²) in [6.45, 7) is 5.76. The van der Waals surface area contributed by atoms with Gasteiger partial charge in [0.05, 0.1) is 13.7 Å². The highest BCUT2D eigenvalue weighted by Gasteiger charge is 2.43. The molecule has 0 radical (unpaired) electrons. The van der Waals surface area contributed by atoms with Crippen LogP contribution in [0.5, 0.6) is 11.5 Å². The van der Waals surface area contributed by atoms with Crippen molar-refractivity contribution < 1.29 is 29.0 Å². The number of imide groups is 1. The average molecular weight is 483 g/mol. The van der Waals surface area contributed by atoms with Crippen LogP contribution in [0.1, 0.15) is 51.2 Å². The summed E-state index contributed by atoms with van der Waals surface area (Å²) in [6, 6.07) is 14.0. The molecule has 1 unspecified atom stereocenters. The van der Waals surface area contributed by atoms with Crippen molar-refractivity contribution in [2.24, 2.45) is 0 Å². The van der Waals surface area contributed by atoms with Gasteiger partial charge >= 0.3 is 12.0 Å². The number of carbonyl (C=O) groups is 3. The molecule has 188 valence electrons. The number of amides is 3. The first-order valence-electron chi connectivity index (χ1n) is 11.9. The average Bonchev–Trinajstić information content (AvgIpc) is 3.04. The molecule has 1 aliphatic rings. The molecular formula is C27H34N2O6. The molecule has 1 heterocycles. The van der Waals surface area contributed by atoms with Gasteiger partial charge in [0.25, 0.3) is 5.91 Å². The fourth-order valence-electron chi connectivity index (χ4n) is 4.13. The van der Waals surface area contributed by atoms with Crippen molar-refractivity contribution in [1.82, 2.24) is 9.80 Å². The lowest BCUT2D eigenvalue weighted by Gasteiger charge is -2.22. The summed E-state index contributed by atoms with van der Waals surface area (Å²) < 4.78 is 10.8. The molecule has 1 aliphatic heterocycles. The molecule has 8 nitrogen and oxygen atoms in total. The predicted octanol–water partition coefficient (Wildman–Crippen LogP) is 4.50. The van der Waals surface area contributed by atoms with Crippen molar-refractivity contribution in [3.63, 3.8) is 0 Å². The van der Waals surface area contributed by atoms with Crippen molar-refractivity contribution >= 4 is 17.9 Å². The SMILES string of the molecule is CCCN1C(=O)N(Cc2cccc(OC)c2)C(=O)C1CCCc1ccc(OC(C)(C)C(=O)O)cc1. The Bertz CT molecular complexity index is 1050. The van der Waals surface area contributed by atoms with Crippen molar-refractivity contribution in [2.45, 2.75) is 64.6 Å². The number of carboxylic acids is 1. The number of ether oxygens (including phenoxy) is 2. The largest absolute Gasteiger partial charge is 0.497 e. The first-order chi connectivity index (χ1) is 16.7. The summed E-state index contributed by atoms with van der Waals surface area (Å²) >= 11 is 0. The van der Waals surface area contributed by atoms with Gasteiger partial charge in [0.1, 0.15) is 17.5 Å². The Balaban J connectivity index is 1.61. The van der Waals surface area contributed by atoms with E-state index in [1.165, 1.54) is 18.7 Å². The van der Waals surface area contributed by atoms with Crippen LogP contribution in [0.15, 0.2) is 48.5 Å². The molecule has 3 rings (SSSR count). The van der Waals surface area contributed by atoms with Crippen LogP contribution >= 0.6 is 0 Å². The minimum atomic E-state index is -1.31. The monoisotopic (exact) mass is 482 g/mol. The van der Waals surface area contributed by atoms with Crippen molar-refractivity contribution in [3.8, 4) is 11.5 Å². The van der Waals surface area contributed by atoms with Crippen LogP contribution in [0.25, 0.3) is 0 Å². The van der Waals surface area contributed by atoms with Crippen LogP contribution < -0.4 is 9.47 Å². The van der Waals surface area contributed by atoms with E-state index in [4.69, 9.17) is 9.47 Å². The van der Waals surface area contributed by atoms with Gasteiger partial charge in [-0.15, -0.1) is 0 Å². The van der Waals surface area contributed by atoms with Gasteiger partial charge in [0, 0.05) is 6.54 Å². The number of rotatable bonds is 12. The first kappa shape index (κ1) is 26.1. The fraction of sp³-hybridized carbons (Fsp3) is 0.444. The van der Waals surface area contributed by atoms with Gasteiger partial charge in [-0.3, -0.25) is 9.69 Å². The van der Waals surface area contributed by atoms with Crippen LogP contribution in [0.3, 0.4) is 0 Å². The van der Waals surface area contributed by atoms with Gasteiger partial charge in [-0.1, -0.05) is 31.2 Å². The van der Waals surface area contributed by atoms with E-state index < -0.39 is 17.6 Å². The van der Waals surface area contributed by atoms with Gasteiger partial charge < -0.3 is 19.5 Å². The normalized spacial score (nSPS) is 16.1. The third-order valence-corrected chi connectivity index (χ3v) is 6.10. The molecule has 0 spiro atoms. The number of methoxy groups -OCH3 is 1. The minimum absolute atomic E-state index is 0.161. The van der Waals surface area contributed by atoms with Gasteiger partial charge in [-0.05, 0) is 74.9 Å². The maximum Gasteiger partial charge on any atom is 0.347 e. The predicted molar refractivity (Wildman–Crippen MR) is 131 cm³/mol. The molecule has 0 aromatic heterocycles. The van der Waals surface area contributed by atoms with E-state index in [0.717, 1.165) is 30.4 Å². The highest BCUT2D eigenvalue weighted by Crippen LogP contribution is 2.26. The van der Waals surface area contributed by atoms with Crippen molar-refractivity contribution in [2.75, 3.05) is 13.7 Å². The van der Waals surface area contributed by atoms with Gasteiger partial charge in [-0.25, -0.2) is 9.59 Å². The lowest BCUT2D eigenvalue weighted by molar-refractivity contribution is -0.152.